The molecule has 0 aliphatic heterocycles. The summed E-state index contributed by atoms with van der Waals surface area (Å²) in [7, 11) is 0. The lowest BCUT2D eigenvalue weighted by molar-refractivity contribution is -0.122. The Morgan fingerprint density at radius 2 is 2.36 bits per heavy atom. The molecule has 0 spiro atoms. The summed E-state index contributed by atoms with van der Waals surface area (Å²) in [5, 5.41) is 16.8. The Morgan fingerprint density at radius 3 is 3.05 bits per heavy atom. The van der Waals surface area contributed by atoms with Crippen molar-refractivity contribution >= 4 is 17.2 Å². The lowest BCUT2D eigenvalue weighted by Crippen LogP contribution is -2.38. The van der Waals surface area contributed by atoms with Crippen LogP contribution in [0.2, 0.25) is 0 Å². The molecule has 2 N–H and O–H groups in total. The van der Waals surface area contributed by atoms with Crippen molar-refractivity contribution in [3.63, 3.8) is 0 Å². The lowest BCUT2D eigenvalue weighted by atomic mass is 9.99. The van der Waals surface area contributed by atoms with Gasteiger partial charge in [0.2, 0.25) is 5.91 Å². The fraction of sp³-hybridized carbons (Fsp3) is 0.375. The number of ether oxygens (including phenoxy) is 1. The van der Waals surface area contributed by atoms with Crippen LogP contribution < -0.4 is 10.1 Å². The first-order valence-electron chi connectivity index (χ1n) is 7.12. The van der Waals surface area contributed by atoms with Gasteiger partial charge in [-0.1, -0.05) is 0 Å². The van der Waals surface area contributed by atoms with Gasteiger partial charge in [0.15, 0.2) is 0 Å². The van der Waals surface area contributed by atoms with E-state index in [1.807, 2.05) is 22.9 Å². The molecular weight excluding hydrogens is 300 g/mol. The quantitative estimate of drug-likeness (QED) is 0.732. The second-order valence-corrected chi connectivity index (χ2v) is 5.98. The molecule has 0 saturated heterocycles. The Bertz CT molecular complexity index is 570. The molecule has 2 heterocycles. The number of hydrogen-bond donors (Lipinski definition) is 2. The molecule has 1 atom stereocenters. The van der Waals surface area contributed by atoms with Gasteiger partial charge in [-0.3, -0.25) is 9.78 Å². The Morgan fingerprint density at radius 1 is 1.50 bits per heavy atom. The van der Waals surface area contributed by atoms with Crippen LogP contribution in [0.25, 0.3) is 0 Å². The Labute approximate surface area is 134 Å². The zero-order chi connectivity index (χ0) is 15.8. The van der Waals surface area contributed by atoms with Crippen molar-refractivity contribution < 1.29 is 14.6 Å². The van der Waals surface area contributed by atoms with Gasteiger partial charge < -0.3 is 15.2 Å². The molecule has 118 valence electrons. The molecule has 1 unspecified atom stereocenters. The minimum atomic E-state index is -1.04. The van der Waals surface area contributed by atoms with E-state index in [1.165, 1.54) is 11.3 Å². The standard InChI is InChI=1S/C16H20N2O3S/c1-16(20,13-6-9-22-11-13)12-18-15(19)5-3-8-21-14-4-2-7-17-10-14/h2,4,6-7,9-11,20H,3,5,8,12H2,1H3,(H,18,19). The molecule has 0 aliphatic carbocycles. The van der Waals surface area contributed by atoms with Crippen molar-refractivity contribution in [2.24, 2.45) is 0 Å². The maximum atomic E-state index is 11.8. The molecule has 0 aliphatic rings. The van der Waals surface area contributed by atoms with E-state index in [-0.39, 0.29) is 12.5 Å². The normalized spacial score (nSPS) is 13.4. The first kappa shape index (κ1) is 16.5. The number of amides is 1. The van der Waals surface area contributed by atoms with E-state index in [1.54, 1.807) is 25.4 Å². The molecule has 2 rings (SSSR count). The van der Waals surface area contributed by atoms with Crippen molar-refractivity contribution in [3.05, 3.63) is 46.9 Å². The highest BCUT2D eigenvalue weighted by atomic mass is 32.1. The van der Waals surface area contributed by atoms with Crippen LogP contribution in [0.1, 0.15) is 25.3 Å². The maximum absolute atomic E-state index is 11.8. The second-order valence-electron chi connectivity index (χ2n) is 5.20. The molecule has 0 bridgehead atoms. The summed E-state index contributed by atoms with van der Waals surface area (Å²) in [6.07, 6.45) is 4.29. The van der Waals surface area contributed by atoms with Crippen LogP contribution in [0.4, 0.5) is 0 Å². The molecule has 22 heavy (non-hydrogen) atoms. The number of hydrogen-bond acceptors (Lipinski definition) is 5. The van der Waals surface area contributed by atoms with E-state index in [9.17, 15) is 9.90 Å². The zero-order valence-corrected chi connectivity index (χ0v) is 13.3. The van der Waals surface area contributed by atoms with Gasteiger partial charge in [0.1, 0.15) is 11.4 Å². The summed E-state index contributed by atoms with van der Waals surface area (Å²) in [6.45, 7) is 2.35. The van der Waals surface area contributed by atoms with Crippen molar-refractivity contribution in [2.75, 3.05) is 13.2 Å². The van der Waals surface area contributed by atoms with Crippen molar-refractivity contribution in [1.82, 2.24) is 10.3 Å². The SMILES string of the molecule is CC(O)(CNC(=O)CCCOc1cccnc1)c1ccsc1. The average Bonchev–Trinajstić information content (AvgIpc) is 3.06. The lowest BCUT2D eigenvalue weighted by Gasteiger charge is -2.22. The third kappa shape index (κ3) is 5.13. The summed E-state index contributed by atoms with van der Waals surface area (Å²) < 4.78 is 5.47. The highest BCUT2D eigenvalue weighted by Crippen LogP contribution is 2.22. The van der Waals surface area contributed by atoms with Gasteiger partial charge in [0, 0.05) is 12.6 Å². The number of nitrogens with one attached hydrogen (secondary N) is 1. The monoisotopic (exact) mass is 320 g/mol. The maximum Gasteiger partial charge on any atom is 0.220 e. The number of aliphatic hydroxyl groups is 1. The second kappa shape index (κ2) is 7.91. The molecule has 1 amide bonds. The van der Waals surface area contributed by atoms with E-state index in [0.29, 0.717) is 25.2 Å². The Kier molecular flexibility index (Phi) is 5.91. The van der Waals surface area contributed by atoms with Crippen LogP contribution in [0.15, 0.2) is 41.4 Å². The van der Waals surface area contributed by atoms with Gasteiger partial charge in [0.25, 0.3) is 0 Å². The van der Waals surface area contributed by atoms with Crippen molar-refractivity contribution in [2.45, 2.75) is 25.4 Å². The minimum absolute atomic E-state index is 0.0923. The Hall–Kier alpha value is -1.92. The van der Waals surface area contributed by atoms with Gasteiger partial charge in [-0.05, 0) is 47.9 Å². The number of carbonyl (C=O) groups is 1. The van der Waals surface area contributed by atoms with Crippen LogP contribution in [0.5, 0.6) is 5.75 Å². The van der Waals surface area contributed by atoms with E-state index in [0.717, 1.165) is 5.56 Å². The number of nitrogens with zero attached hydrogens (tertiary/aromatic N) is 1. The van der Waals surface area contributed by atoms with E-state index < -0.39 is 5.60 Å². The van der Waals surface area contributed by atoms with Crippen LogP contribution in [0.3, 0.4) is 0 Å². The number of thiophene rings is 1. The van der Waals surface area contributed by atoms with Crippen LogP contribution >= 0.6 is 11.3 Å². The minimum Gasteiger partial charge on any atom is -0.492 e. The van der Waals surface area contributed by atoms with E-state index >= 15 is 0 Å². The molecule has 2 aromatic heterocycles. The molecule has 0 saturated carbocycles. The van der Waals surface area contributed by atoms with Crippen LogP contribution in [-0.4, -0.2) is 29.1 Å². The molecular formula is C16H20N2O3S. The molecule has 6 heteroatoms. The molecule has 0 fully saturated rings. The average molecular weight is 320 g/mol. The largest absolute Gasteiger partial charge is 0.492 e. The predicted octanol–water partition coefficient (Wildman–Crippen LogP) is 2.33. The summed E-state index contributed by atoms with van der Waals surface area (Å²) >= 11 is 1.52. The van der Waals surface area contributed by atoms with Crippen molar-refractivity contribution in [1.29, 1.82) is 0 Å². The Balaban J connectivity index is 1.64. The van der Waals surface area contributed by atoms with Gasteiger partial charge in [0.05, 0.1) is 19.3 Å². The number of rotatable bonds is 8. The van der Waals surface area contributed by atoms with Gasteiger partial charge in [-0.2, -0.15) is 11.3 Å². The first-order valence-corrected chi connectivity index (χ1v) is 8.07. The third-order valence-corrected chi connectivity index (χ3v) is 3.91. The van der Waals surface area contributed by atoms with Gasteiger partial charge >= 0.3 is 0 Å². The number of pyridine rings is 1. The summed E-state index contributed by atoms with van der Waals surface area (Å²) in [5.74, 6) is 0.605. The smallest absolute Gasteiger partial charge is 0.220 e. The van der Waals surface area contributed by atoms with E-state index in [4.69, 9.17) is 4.74 Å². The molecule has 2 aromatic rings. The topological polar surface area (TPSA) is 71.5 Å². The molecule has 0 aromatic carbocycles. The van der Waals surface area contributed by atoms with Gasteiger partial charge in [-0.15, -0.1) is 0 Å². The van der Waals surface area contributed by atoms with Crippen molar-refractivity contribution in [3.8, 4) is 5.75 Å². The highest BCUT2D eigenvalue weighted by Gasteiger charge is 2.23. The number of aromatic nitrogens is 1. The summed E-state index contributed by atoms with van der Waals surface area (Å²) in [4.78, 5) is 15.7. The highest BCUT2D eigenvalue weighted by molar-refractivity contribution is 7.08. The first-order chi connectivity index (χ1) is 10.6. The van der Waals surface area contributed by atoms with Crippen LogP contribution in [-0.2, 0) is 10.4 Å². The van der Waals surface area contributed by atoms with E-state index in [2.05, 4.69) is 10.3 Å². The predicted molar refractivity (Wildman–Crippen MR) is 85.9 cm³/mol. The molecule has 5 nitrogen and oxygen atoms in total. The fourth-order valence-corrected chi connectivity index (χ4v) is 2.67. The number of carbonyl (C=O) groups excluding carboxylic acids is 1. The third-order valence-electron chi connectivity index (χ3n) is 3.22. The van der Waals surface area contributed by atoms with Crippen LogP contribution in [0, 0.1) is 0 Å². The zero-order valence-electron chi connectivity index (χ0n) is 12.5. The summed E-state index contributed by atoms with van der Waals surface area (Å²) in [5.41, 5.74) is -0.222. The fourth-order valence-electron chi connectivity index (χ4n) is 1.89. The van der Waals surface area contributed by atoms with Gasteiger partial charge in [-0.25, -0.2) is 0 Å². The summed E-state index contributed by atoms with van der Waals surface area (Å²) in [6, 6.07) is 5.48. The molecule has 0 radical (unpaired) electrons.